The number of piperazine rings is 1. The van der Waals surface area contributed by atoms with Crippen LogP contribution in [0, 0.1) is 0 Å². The van der Waals surface area contributed by atoms with Crippen LogP contribution in [0.1, 0.15) is 22.3 Å². The van der Waals surface area contributed by atoms with Crippen molar-refractivity contribution in [2.75, 3.05) is 38.2 Å². The second-order valence-corrected chi connectivity index (χ2v) is 11.2. The third kappa shape index (κ3) is 7.20. The minimum atomic E-state index is -5.00. The highest BCUT2D eigenvalue weighted by molar-refractivity contribution is 8.15. The van der Waals surface area contributed by atoms with Crippen molar-refractivity contribution in [3.05, 3.63) is 89.0 Å². The van der Waals surface area contributed by atoms with Gasteiger partial charge >= 0.3 is 12.4 Å². The Morgan fingerprint density at radius 3 is 2.21 bits per heavy atom. The maximum atomic E-state index is 13.5. The fraction of sp³-hybridized carbons (Fsp3) is 0.333. The van der Waals surface area contributed by atoms with Gasteiger partial charge in [-0.2, -0.15) is 31.3 Å². The number of halogens is 6. The van der Waals surface area contributed by atoms with Gasteiger partial charge in [0.25, 0.3) is 5.91 Å². The van der Waals surface area contributed by atoms with Crippen LogP contribution in [-0.4, -0.2) is 54.5 Å². The number of hydrogen-bond acceptors (Lipinski definition) is 6. The van der Waals surface area contributed by atoms with Gasteiger partial charge in [-0.25, -0.2) is 0 Å². The van der Waals surface area contributed by atoms with Gasteiger partial charge in [0, 0.05) is 37.4 Å². The number of rotatable bonds is 7. The van der Waals surface area contributed by atoms with E-state index in [9.17, 15) is 31.1 Å². The molecule has 6 nitrogen and oxygen atoms in total. The summed E-state index contributed by atoms with van der Waals surface area (Å²) in [6, 6.07) is 16.3. The monoisotopic (exact) mass is 623 g/mol. The molecule has 0 spiro atoms. The average molecular weight is 624 g/mol. The number of methoxy groups -OCH3 is 1. The zero-order valence-electron chi connectivity index (χ0n) is 22.9. The van der Waals surface area contributed by atoms with Gasteiger partial charge < -0.3 is 19.3 Å². The number of amides is 1. The number of carbonyl (C=O) groups is 1. The van der Waals surface area contributed by atoms with Crippen molar-refractivity contribution >= 4 is 28.5 Å². The summed E-state index contributed by atoms with van der Waals surface area (Å²) in [5, 5.41) is 0.242. The lowest BCUT2D eigenvalue weighted by Crippen LogP contribution is -2.47. The predicted molar refractivity (Wildman–Crippen MR) is 152 cm³/mol. The number of alkyl halides is 6. The molecular weight excluding hydrogens is 596 g/mol. The van der Waals surface area contributed by atoms with Crippen LogP contribution in [0.4, 0.5) is 32.0 Å². The van der Waals surface area contributed by atoms with E-state index in [-0.39, 0.29) is 23.5 Å². The number of amidine groups is 1. The Balaban J connectivity index is 1.20. The molecule has 0 radical (unpaired) electrons. The number of nitrogens with zero attached hydrogens (tertiary/aromatic N) is 3. The molecule has 3 aromatic rings. The van der Waals surface area contributed by atoms with Crippen molar-refractivity contribution < 1.29 is 40.6 Å². The number of hydrogen-bond donors (Lipinski definition) is 0. The Bertz CT molecular complexity index is 1490. The Kier molecular flexibility index (Phi) is 8.81. The van der Waals surface area contributed by atoms with Gasteiger partial charge in [-0.05, 0) is 48.4 Å². The first-order valence-corrected chi connectivity index (χ1v) is 14.2. The summed E-state index contributed by atoms with van der Waals surface area (Å²) in [4.78, 5) is 21.4. The van der Waals surface area contributed by atoms with Crippen LogP contribution in [0.25, 0.3) is 0 Å². The molecule has 5 rings (SSSR count). The number of benzene rings is 3. The lowest BCUT2D eigenvalue weighted by atomic mass is 10.0. The van der Waals surface area contributed by atoms with E-state index < -0.39 is 40.9 Å². The maximum Gasteiger partial charge on any atom is 0.416 e. The molecule has 1 amide bonds. The van der Waals surface area contributed by atoms with Crippen molar-refractivity contribution in [2.45, 2.75) is 30.6 Å². The first kappa shape index (κ1) is 30.6. The molecule has 1 unspecified atom stereocenters. The normalized spacial score (nSPS) is 17.7. The van der Waals surface area contributed by atoms with Crippen molar-refractivity contribution in [3.8, 4) is 11.5 Å². The van der Waals surface area contributed by atoms with Crippen molar-refractivity contribution in [1.82, 2.24) is 4.90 Å². The molecule has 0 N–H and O–H groups in total. The number of aliphatic imine (C=N–C) groups is 1. The summed E-state index contributed by atoms with van der Waals surface area (Å²) < 4.78 is 90.4. The van der Waals surface area contributed by atoms with E-state index in [1.165, 1.54) is 24.9 Å². The molecule has 228 valence electrons. The van der Waals surface area contributed by atoms with E-state index in [1.54, 1.807) is 12.1 Å². The molecule has 0 saturated carbocycles. The Hall–Kier alpha value is -3.87. The van der Waals surface area contributed by atoms with E-state index in [0.29, 0.717) is 17.7 Å². The van der Waals surface area contributed by atoms with Gasteiger partial charge in [-0.3, -0.25) is 4.79 Å². The number of carbonyl (C=O) groups excluding carboxylic acids is 1. The minimum absolute atomic E-state index is 0.0782. The molecule has 0 aromatic heterocycles. The second-order valence-electron chi connectivity index (χ2n) is 9.99. The van der Waals surface area contributed by atoms with Gasteiger partial charge in [-0.1, -0.05) is 42.1 Å². The molecule has 2 aliphatic rings. The summed E-state index contributed by atoms with van der Waals surface area (Å²) in [6.45, 7) is 2.44. The number of ether oxygens (including phenoxy) is 2. The molecule has 2 aliphatic heterocycles. The third-order valence-electron chi connectivity index (χ3n) is 7.18. The summed E-state index contributed by atoms with van der Waals surface area (Å²) in [5.41, 5.74) is -1.39. The summed E-state index contributed by atoms with van der Waals surface area (Å²) >= 11 is 1.40. The average Bonchev–Trinajstić information content (AvgIpc) is 3.35. The van der Waals surface area contributed by atoms with Crippen LogP contribution >= 0.6 is 11.8 Å². The van der Waals surface area contributed by atoms with Gasteiger partial charge in [0.1, 0.15) is 6.61 Å². The molecule has 1 atom stereocenters. The number of anilines is 1. The lowest BCUT2D eigenvalue weighted by Gasteiger charge is -2.36. The predicted octanol–water partition coefficient (Wildman–Crippen LogP) is 6.67. The largest absolute Gasteiger partial charge is 0.493 e. The van der Waals surface area contributed by atoms with Crippen LogP contribution < -0.4 is 14.4 Å². The van der Waals surface area contributed by atoms with E-state index in [4.69, 9.17) is 9.47 Å². The van der Waals surface area contributed by atoms with E-state index in [1.807, 2.05) is 18.2 Å². The highest BCUT2D eigenvalue weighted by Gasteiger charge is 2.38. The highest BCUT2D eigenvalue weighted by atomic mass is 32.2. The molecular formula is C30H27F6N3O3S. The standard InChI is InChI=1S/C30H27F6N3O3S/c1-41-25-15-19(7-10-24(25)42-18-20-8-9-21(29(31,32)33)17-23(20)30(34,35)36)16-26-27(40)37-28(43-26)39-13-11-38(12-14-39)22-5-3-2-4-6-22/h2-10,15,17,26H,11-14,16,18H2,1H3. The van der Waals surface area contributed by atoms with Crippen LogP contribution in [0.2, 0.25) is 0 Å². The first-order chi connectivity index (χ1) is 20.4. The van der Waals surface area contributed by atoms with Crippen LogP contribution in [0.5, 0.6) is 11.5 Å². The lowest BCUT2D eigenvalue weighted by molar-refractivity contribution is -0.143. The van der Waals surface area contributed by atoms with Crippen LogP contribution in [0.3, 0.4) is 0 Å². The van der Waals surface area contributed by atoms with E-state index in [0.717, 1.165) is 43.5 Å². The second kappa shape index (κ2) is 12.4. The molecule has 0 aliphatic carbocycles. The Labute approximate surface area is 248 Å². The molecule has 1 fully saturated rings. The van der Waals surface area contributed by atoms with E-state index >= 15 is 0 Å². The molecule has 3 aromatic carbocycles. The highest BCUT2D eigenvalue weighted by Crippen LogP contribution is 2.39. The fourth-order valence-electron chi connectivity index (χ4n) is 4.91. The van der Waals surface area contributed by atoms with E-state index in [2.05, 4.69) is 26.9 Å². The Morgan fingerprint density at radius 2 is 1.56 bits per heavy atom. The fourth-order valence-corrected chi connectivity index (χ4v) is 6.07. The molecule has 13 heteroatoms. The van der Waals surface area contributed by atoms with Gasteiger partial charge in [0.2, 0.25) is 0 Å². The maximum absolute atomic E-state index is 13.5. The summed E-state index contributed by atoms with van der Waals surface area (Å²) in [5.74, 6) is 0.0799. The number of para-hydroxylation sites is 1. The first-order valence-electron chi connectivity index (χ1n) is 13.3. The Morgan fingerprint density at radius 1 is 0.860 bits per heavy atom. The SMILES string of the molecule is COc1cc(CC2SC(N3CCN(c4ccccc4)CC3)=NC2=O)ccc1OCc1ccc(C(F)(F)F)cc1C(F)(F)F. The zero-order valence-corrected chi connectivity index (χ0v) is 23.7. The van der Waals surface area contributed by atoms with Gasteiger partial charge in [0.15, 0.2) is 16.7 Å². The molecule has 1 saturated heterocycles. The van der Waals surface area contributed by atoms with Crippen LogP contribution in [-0.2, 0) is 30.2 Å². The minimum Gasteiger partial charge on any atom is -0.493 e. The van der Waals surface area contributed by atoms with Crippen molar-refractivity contribution in [1.29, 1.82) is 0 Å². The van der Waals surface area contributed by atoms with Gasteiger partial charge in [0.05, 0.1) is 23.5 Å². The number of thioether (sulfide) groups is 1. The zero-order chi connectivity index (χ0) is 30.8. The van der Waals surface area contributed by atoms with Crippen molar-refractivity contribution in [2.24, 2.45) is 4.99 Å². The van der Waals surface area contributed by atoms with Crippen molar-refractivity contribution in [3.63, 3.8) is 0 Å². The quantitative estimate of drug-likeness (QED) is 0.274. The third-order valence-corrected chi connectivity index (χ3v) is 8.39. The topological polar surface area (TPSA) is 54.4 Å². The molecule has 2 heterocycles. The molecule has 0 bridgehead atoms. The van der Waals surface area contributed by atoms with Gasteiger partial charge in [-0.15, -0.1) is 0 Å². The smallest absolute Gasteiger partial charge is 0.416 e. The molecule has 43 heavy (non-hydrogen) atoms. The summed E-state index contributed by atoms with van der Waals surface area (Å²) in [6.07, 6.45) is -9.58. The summed E-state index contributed by atoms with van der Waals surface area (Å²) in [7, 11) is 1.36. The van der Waals surface area contributed by atoms with Crippen LogP contribution in [0.15, 0.2) is 71.7 Å².